The van der Waals surface area contributed by atoms with Crippen LogP contribution in [0, 0.1) is 0 Å². The summed E-state index contributed by atoms with van der Waals surface area (Å²) >= 11 is 1.64. The van der Waals surface area contributed by atoms with Crippen molar-refractivity contribution in [2.45, 2.75) is 49.9 Å². The quantitative estimate of drug-likeness (QED) is 0.347. The second kappa shape index (κ2) is 12.1. The minimum absolute atomic E-state index is 0.310. The Labute approximate surface area is 249 Å². The summed E-state index contributed by atoms with van der Waals surface area (Å²) < 4.78 is 5.85. The third-order valence-electron chi connectivity index (χ3n) is 8.37. The highest BCUT2D eigenvalue weighted by atomic mass is 32.1. The van der Waals surface area contributed by atoms with Crippen LogP contribution in [0.3, 0.4) is 0 Å². The number of para-hydroxylation sites is 1. The van der Waals surface area contributed by atoms with Crippen LogP contribution in [-0.2, 0) is 9.59 Å². The molecule has 2 aromatic carbocycles. The summed E-state index contributed by atoms with van der Waals surface area (Å²) in [6.07, 6.45) is 2.96. The van der Waals surface area contributed by atoms with Crippen molar-refractivity contribution in [2.75, 3.05) is 38.1 Å². The lowest BCUT2D eigenvalue weighted by Crippen LogP contribution is -2.74. The van der Waals surface area contributed by atoms with Crippen LogP contribution in [-0.4, -0.2) is 78.6 Å². The summed E-state index contributed by atoms with van der Waals surface area (Å²) in [6, 6.07) is 15.6. The van der Waals surface area contributed by atoms with E-state index in [4.69, 9.17) is 9.72 Å². The van der Waals surface area contributed by atoms with Crippen molar-refractivity contribution in [3.63, 3.8) is 0 Å². The first-order valence-corrected chi connectivity index (χ1v) is 15.4. The Kier molecular flexibility index (Phi) is 8.12. The van der Waals surface area contributed by atoms with Gasteiger partial charge in [0, 0.05) is 42.7 Å². The van der Waals surface area contributed by atoms with Gasteiger partial charge >= 0.3 is 0 Å². The number of hydrogen-bond acceptors (Lipinski definition) is 8. The van der Waals surface area contributed by atoms with Gasteiger partial charge in [0.05, 0.1) is 5.69 Å². The minimum atomic E-state index is -1.09. The van der Waals surface area contributed by atoms with E-state index in [1.165, 1.54) is 0 Å². The Morgan fingerprint density at radius 2 is 1.71 bits per heavy atom. The Bertz CT molecular complexity index is 1410. The molecular formula is C31H36N6O4S. The third-order valence-corrected chi connectivity index (χ3v) is 9.27. The van der Waals surface area contributed by atoms with Gasteiger partial charge in [-0.15, -0.1) is 11.3 Å². The minimum Gasteiger partial charge on any atom is -0.468 e. The highest BCUT2D eigenvalue weighted by Gasteiger charge is 2.48. The van der Waals surface area contributed by atoms with Gasteiger partial charge < -0.3 is 30.5 Å². The molecule has 0 spiro atoms. The molecule has 3 aliphatic rings. The number of ether oxygens (including phenoxy) is 1. The van der Waals surface area contributed by atoms with Gasteiger partial charge in [-0.2, -0.15) is 0 Å². The Hall–Kier alpha value is -3.96. The van der Waals surface area contributed by atoms with E-state index in [2.05, 4.69) is 38.2 Å². The van der Waals surface area contributed by atoms with Crippen LogP contribution in [0.5, 0.6) is 5.75 Å². The van der Waals surface area contributed by atoms with Crippen molar-refractivity contribution in [3.05, 3.63) is 65.5 Å². The van der Waals surface area contributed by atoms with Crippen molar-refractivity contribution < 1.29 is 19.1 Å². The monoisotopic (exact) mass is 588 g/mol. The molecule has 3 fully saturated rings. The summed E-state index contributed by atoms with van der Waals surface area (Å²) in [6.45, 7) is 3.97. The summed E-state index contributed by atoms with van der Waals surface area (Å²) in [5.41, 5.74) is 1.20. The fraction of sp³-hybridized carbons (Fsp3) is 0.419. The molecular weight excluding hydrogens is 552 g/mol. The Balaban J connectivity index is 1.11. The molecule has 1 aliphatic carbocycles. The molecule has 2 aliphatic heterocycles. The molecule has 220 valence electrons. The van der Waals surface area contributed by atoms with E-state index < -0.39 is 17.8 Å². The normalized spacial score (nSPS) is 22.0. The number of carbonyl (C=O) groups is 3. The van der Waals surface area contributed by atoms with Gasteiger partial charge in [-0.05, 0) is 44.2 Å². The highest BCUT2D eigenvalue weighted by molar-refractivity contribution is 7.14. The number of likely N-dealkylation sites (N-methyl/N-ethyl adjacent to an activating group) is 1. The maximum atomic E-state index is 13.6. The molecule has 3 amide bonds. The van der Waals surface area contributed by atoms with E-state index >= 15 is 0 Å². The lowest BCUT2D eigenvalue weighted by Gasteiger charge is -2.41. The fourth-order valence-electron chi connectivity index (χ4n) is 5.70. The molecule has 0 radical (unpaired) electrons. The summed E-state index contributed by atoms with van der Waals surface area (Å²) in [7, 11) is 2.13. The second-order valence-electron chi connectivity index (χ2n) is 11.3. The highest BCUT2D eigenvalue weighted by Crippen LogP contribution is 2.31. The summed E-state index contributed by atoms with van der Waals surface area (Å²) in [5.74, 6) is -0.383. The lowest BCUT2D eigenvalue weighted by molar-refractivity contribution is -0.145. The van der Waals surface area contributed by atoms with Gasteiger partial charge in [0.2, 0.25) is 12.1 Å². The van der Waals surface area contributed by atoms with Crippen LogP contribution in [0.1, 0.15) is 42.5 Å². The average molecular weight is 589 g/mol. The standard InChI is InChI=1S/C31H36N6O4S/c1-36-16-18-37(19-17-36)30-32-24(20-42-30)21-10-12-22(13-11-21)26(38)35-31(14-6-3-7-15-31)29(40)33-25-27(39)34-28(25)41-23-8-4-2-5-9-23/h2,4-5,8-13,20,25,28H,3,6-7,14-19H2,1H3,(H,33,40)(H,34,39)(H,35,38)/t25-,28+/m1/s1. The third kappa shape index (κ3) is 5.98. The van der Waals surface area contributed by atoms with Crippen molar-refractivity contribution in [3.8, 4) is 17.0 Å². The van der Waals surface area contributed by atoms with Gasteiger partial charge in [-0.25, -0.2) is 4.98 Å². The smallest absolute Gasteiger partial charge is 0.252 e. The molecule has 2 saturated heterocycles. The van der Waals surface area contributed by atoms with E-state index in [9.17, 15) is 14.4 Å². The van der Waals surface area contributed by atoms with Crippen LogP contribution < -0.4 is 25.6 Å². The zero-order valence-corrected chi connectivity index (χ0v) is 24.5. The largest absolute Gasteiger partial charge is 0.468 e. The predicted octanol–water partition coefficient (Wildman–Crippen LogP) is 3.01. The van der Waals surface area contributed by atoms with E-state index in [1.54, 1.807) is 35.6 Å². The molecule has 1 aromatic heterocycles. The first-order valence-electron chi connectivity index (χ1n) is 14.6. The number of anilines is 1. The number of aromatic nitrogens is 1. The van der Waals surface area contributed by atoms with E-state index in [1.807, 2.05) is 30.3 Å². The second-order valence-corrected chi connectivity index (χ2v) is 12.1. The first-order chi connectivity index (χ1) is 20.4. The van der Waals surface area contributed by atoms with E-state index in [-0.39, 0.29) is 17.7 Å². The van der Waals surface area contributed by atoms with Gasteiger partial charge in [0.25, 0.3) is 11.8 Å². The zero-order chi connectivity index (χ0) is 29.1. The SMILES string of the molecule is CN1CCN(c2nc(-c3ccc(C(=O)NC4(C(=O)N[C@@H]5C(=O)N[C@H]5Oc5ccccc5)CCCCC4)cc3)cs2)CC1. The summed E-state index contributed by atoms with van der Waals surface area (Å²) in [5, 5.41) is 11.7. The van der Waals surface area contributed by atoms with Gasteiger partial charge in [-0.1, -0.05) is 49.6 Å². The average Bonchev–Trinajstić information content (AvgIpc) is 3.51. The van der Waals surface area contributed by atoms with Gasteiger partial charge in [0.15, 0.2) is 11.2 Å². The van der Waals surface area contributed by atoms with E-state index in [0.717, 1.165) is 61.8 Å². The first kappa shape index (κ1) is 28.2. The fourth-order valence-corrected chi connectivity index (χ4v) is 6.59. The number of carbonyl (C=O) groups excluding carboxylic acids is 3. The molecule has 3 N–H and O–H groups in total. The van der Waals surface area contributed by atoms with Crippen LogP contribution in [0.4, 0.5) is 5.13 Å². The molecule has 11 heteroatoms. The maximum absolute atomic E-state index is 13.6. The van der Waals surface area contributed by atoms with Gasteiger partial charge in [0.1, 0.15) is 11.3 Å². The van der Waals surface area contributed by atoms with Crippen molar-refractivity contribution >= 4 is 34.2 Å². The molecule has 0 unspecified atom stereocenters. The van der Waals surface area contributed by atoms with Crippen molar-refractivity contribution in [1.29, 1.82) is 0 Å². The number of thiazole rings is 1. The molecule has 1 saturated carbocycles. The molecule has 10 nitrogen and oxygen atoms in total. The van der Waals surface area contributed by atoms with Crippen LogP contribution >= 0.6 is 11.3 Å². The Morgan fingerprint density at radius 3 is 2.40 bits per heavy atom. The number of piperazine rings is 1. The number of rotatable bonds is 8. The zero-order valence-electron chi connectivity index (χ0n) is 23.7. The molecule has 6 rings (SSSR count). The number of nitrogens with zero attached hydrogens (tertiary/aromatic N) is 3. The lowest BCUT2D eigenvalue weighted by atomic mass is 9.80. The number of β-lactam (4-membered cyclic amide) rings is 1. The molecule has 42 heavy (non-hydrogen) atoms. The number of hydrogen-bond donors (Lipinski definition) is 3. The molecule has 3 aromatic rings. The van der Waals surface area contributed by atoms with E-state index in [0.29, 0.717) is 24.2 Å². The van der Waals surface area contributed by atoms with Crippen LogP contribution in [0.15, 0.2) is 60.0 Å². The van der Waals surface area contributed by atoms with Crippen molar-refractivity contribution in [1.82, 2.24) is 25.8 Å². The molecule has 0 bridgehead atoms. The topological polar surface area (TPSA) is 116 Å². The summed E-state index contributed by atoms with van der Waals surface area (Å²) in [4.78, 5) is 48.9. The van der Waals surface area contributed by atoms with Crippen LogP contribution in [0.2, 0.25) is 0 Å². The molecule has 2 atom stereocenters. The predicted molar refractivity (Wildman–Crippen MR) is 161 cm³/mol. The molecule has 3 heterocycles. The van der Waals surface area contributed by atoms with Crippen molar-refractivity contribution in [2.24, 2.45) is 0 Å². The number of amides is 3. The maximum Gasteiger partial charge on any atom is 0.252 e. The number of nitrogens with one attached hydrogen (secondary N) is 3. The Morgan fingerprint density at radius 1 is 1.00 bits per heavy atom. The van der Waals surface area contributed by atoms with Gasteiger partial charge in [-0.3, -0.25) is 14.4 Å². The number of benzene rings is 2. The van der Waals surface area contributed by atoms with Crippen LogP contribution in [0.25, 0.3) is 11.3 Å².